The molecule has 0 N–H and O–H groups in total. The predicted molar refractivity (Wildman–Crippen MR) is 103 cm³/mol. The second-order valence-electron chi connectivity index (χ2n) is 6.24. The fourth-order valence-electron chi connectivity index (χ4n) is 2.78. The number of nitrogens with zero attached hydrogens (tertiary/aromatic N) is 7. The second-order valence-corrected chi connectivity index (χ2v) is 7.22. The maximum Gasteiger partial charge on any atom is 0.416 e. The van der Waals surface area contributed by atoms with Crippen molar-refractivity contribution < 1.29 is 17.6 Å². The van der Waals surface area contributed by atoms with Crippen LogP contribution in [0.5, 0.6) is 0 Å². The molecule has 8 nitrogen and oxygen atoms in total. The fraction of sp³-hybridized carbons (Fsp3) is 0.0526. The van der Waals surface area contributed by atoms with Gasteiger partial charge in [-0.1, -0.05) is 12.1 Å². The van der Waals surface area contributed by atoms with Gasteiger partial charge in [0.25, 0.3) is 11.0 Å². The van der Waals surface area contributed by atoms with Crippen molar-refractivity contribution in [1.29, 1.82) is 0 Å². The molecular formula is C19H10F3N7OS. The molecule has 4 aromatic heterocycles. The lowest BCUT2D eigenvalue weighted by Gasteiger charge is -2.08. The zero-order valence-corrected chi connectivity index (χ0v) is 16.2. The van der Waals surface area contributed by atoms with Gasteiger partial charge in [0.1, 0.15) is 11.4 Å². The molecule has 0 fully saturated rings. The van der Waals surface area contributed by atoms with Crippen LogP contribution in [-0.4, -0.2) is 34.8 Å². The molecule has 154 valence electrons. The summed E-state index contributed by atoms with van der Waals surface area (Å²) in [4.78, 5) is 12.5. The highest BCUT2D eigenvalue weighted by molar-refractivity contribution is 7.99. The zero-order valence-electron chi connectivity index (χ0n) is 15.4. The van der Waals surface area contributed by atoms with Crippen molar-refractivity contribution in [2.75, 3.05) is 0 Å². The largest absolute Gasteiger partial charge is 0.416 e. The zero-order chi connectivity index (χ0) is 21.4. The molecule has 4 heterocycles. The minimum absolute atomic E-state index is 0.250. The quantitative estimate of drug-likeness (QED) is 0.379. The molecule has 5 aromatic rings. The maximum absolute atomic E-state index is 12.9. The smallest absolute Gasteiger partial charge is 0.411 e. The van der Waals surface area contributed by atoms with E-state index < -0.39 is 11.7 Å². The van der Waals surface area contributed by atoms with Crippen LogP contribution in [-0.2, 0) is 6.18 Å². The van der Waals surface area contributed by atoms with Crippen molar-refractivity contribution in [3.63, 3.8) is 0 Å². The molecule has 0 aliphatic heterocycles. The number of hydrogen-bond donors (Lipinski definition) is 0. The van der Waals surface area contributed by atoms with Crippen molar-refractivity contribution >= 4 is 17.5 Å². The molecule has 0 unspecified atom stereocenters. The Bertz CT molecular complexity index is 1350. The van der Waals surface area contributed by atoms with Crippen LogP contribution in [0.15, 0.2) is 75.9 Å². The third-order valence-electron chi connectivity index (χ3n) is 4.23. The van der Waals surface area contributed by atoms with E-state index in [2.05, 4.69) is 30.2 Å². The van der Waals surface area contributed by atoms with E-state index in [0.29, 0.717) is 27.7 Å². The molecule has 0 radical (unpaired) electrons. The van der Waals surface area contributed by atoms with Gasteiger partial charge in [-0.25, -0.2) is 4.98 Å². The molecule has 0 saturated carbocycles. The Kier molecular flexibility index (Phi) is 4.62. The van der Waals surface area contributed by atoms with Crippen LogP contribution in [0.3, 0.4) is 0 Å². The fourth-order valence-corrected chi connectivity index (χ4v) is 3.55. The van der Waals surface area contributed by atoms with Gasteiger partial charge in [0, 0.05) is 18.0 Å². The molecule has 0 amide bonds. The summed E-state index contributed by atoms with van der Waals surface area (Å²) >= 11 is 1.13. The Morgan fingerprint density at radius 2 is 1.84 bits per heavy atom. The van der Waals surface area contributed by atoms with Gasteiger partial charge in [0.15, 0.2) is 0 Å². The van der Waals surface area contributed by atoms with Crippen molar-refractivity contribution in [2.24, 2.45) is 0 Å². The van der Waals surface area contributed by atoms with E-state index in [1.165, 1.54) is 23.0 Å². The highest BCUT2D eigenvalue weighted by Gasteiger charge is 2.30. The molecule has 0 saturated heterocycles. The van der Waals surface area contributed by atoms with Gasteiger partial charge >= 0.3 is 6.18 Å². The molecule has 0 aliphatic rings. The van der Waals surface area contributed by atoms with E-state index >= 15 is 0 Å². The van der Waals surface area contributed by atoms with Gasteiger partial charge in [-0.3, -0.25) is 4.98 Å². The van der Waals surface area contributed by atoms with E-state index in [1.54, 1.807) is 30.6 Å². The molecule has 12 heteroatoms. The Hall–Kier alpha value is -3.80. The summed E-state index contributed by atoms with van der Waals surface area (Å²) in [7, 11) is 0. The first-order valence-corrected chi connectivity index (χ1v) is 9.59. The number of halogens is 3. The van der Waals surface area contributed by atoms with E-state index in [0.717, 1.165) is 23.9 Å². The van der Waals surface area contributed by atoms with Gasteiger partial charge in [-0.2, -0.15) is 27.8 Å². The highest BCUT2D eigenvalue weighted by Crippen LogP contribution is 2.33. The minimum atomic E-state index is -4.41. The van der Waals surface area contributed by atoms with Gasteiger partial charge in [-0.15, -0.1) is 10.2 Å². The number of rotatable bonds is 4. The predicted octanol–water partition coefficient (Wildman–Crippen LogP) is 4.41. The summed E-state index contributed by atoms with van der Waals surface area (Å²) in [5.74, 6) is 0.592. The van der Waals surface area contributed by atoms with Crippen LogP contribution in [0.25, 0.3) is 28.5 Å². The number of hydrogen-bond acceptors (Lipinski definition) is 8. The first kappa shape index (κ1) is 19.2. The summed E-state index contributed by atoms with van der Waals surface area (Å²) in [5.41, 5.74) is 0.877. The summed E-state index contributed by atoms with van der Waals surface area (Å²) in [6.45, 7) is 0. The number of alkyl halides is 3. The molecular weight excluding hydrogens is 431 g/mol. The molecule has 1 aromatic carbocycles. The van der Waals surface area contributed by atoms with Gasteiger partial charge < -0.3 is 4.42 Å². The van der Waals surface area contributed by atoms with Gasteiger partial charge in [0.2, 0.25) is 5.89 Å². The molecule has 31 heavy (non-hydrogen) atoms. The SMILES string of the molecule is FC(F)(F)c1ccc(-c2cc(Sc3nnc(-c4cccnc4)o3)n3ncnc3n2)cc1. The number of benzene rings is 1. The lowest BCUT2D eigenvalue weighted by atomic mass is 10.1. The van der Waals surface area contributed by atoms with Gasteiger partial charge in [0.05, 0.1) is 16.8 Å². The Balaban J connectivity index is 1.50. The summed E-state index contributed by atoms with van der Waals surface area (Å²) in [6.07, 6.45) is 0.162. The summed E-state index contributed by atoms with van der Waals surface area (Å²) < 4.78 is 45.7. The van der Waals surface area contributed by atoms with E-state index in [9.17, 15) is 13.2 Å². The molecule has 0 atom stereocenters. The molecule has 5 rings (SSSR count). The van der Waals surface area contributed by atoms with Crippen molar-refractivity contribution in [3.8, 4) is 22.7 Å². The van der Waals surface area contributed by atoms with Crippen LogP contribution in [0.2, 0.25) is 0 Å². The molecule has 0 bridgehead atoms. The second kappa shape index (κ2) is 7.47. The van der Waals surface area contributed by atoms with Crippen molar-refractivity contribution in [2.45, 2.75) is 16.4 Å². The Morgan fingerprint density at radius 3 is 2.58 bits per heavy atom. The average molecular weight is 441 g/mol. The lowest BCUT2D eigenvalue weighted by molar-refractivity contribution is -0.137. The van der Waals surface area contributed by atoms with Crippen LogP contribution in [0, 0.1) is 0 Å². The van der Waals surface area contributed by atoms with Crippen molar-refractivity contribution in [1.82, 2.24) is 34.8 Å². The standard InChI is InChI=1S/C19H10F3N7OS/c20-19(21,22)13-5-3-11(4-6-13)14-8-15(29-17(26-14)24-10-25-29)31-18-28-27-16(30-18)12-2-1-7-23-9-12/h1-10H. The topological polar surface area (TPSA) is 94.9 Å². The number of pyridine rings is 1. The monoisotopic (exact) mass is 441 g/mol. The summed E-state index contributed by atoms with van der Waals surface area (Å²) in [6, 6.07) is 9.96. The highest BCUT2D eigenvalue weighted by atomic mass is 32.2. The van der Waals surface area contributed by atoms with E-state index in [4.69, 9.17) is 4.42 Å². The van der Waals surface area contributed by atoms with Crippen LogP contribution >= 0.6 is 11.8 Å². The third kappa shape index (κ3) is 3.84. The van der Waals surface area contributed by atoms with E-state index in [-0.39, 0.29) is 11.0 Å². The first-order valence-electron chi connectivity index (χ1n) is 8.77. The maximum atomic E-state index is 12.9. The van der Waals surface area contributed by atoms with Crippen LogP contribution in [0.4, 0.5) is 13.2 Å². The third-order valence-corrected chi connectivity index (χ3v) is 5.07. The Labute approximate surface area is 176 Å². The van der Waals surface area contributed by atoms with E-state index in [1.807, 2.05) is 0 Å². The Morgan fingerprint density at radius 1 is 1.00 bits per heavy atom. The first-order chi connectivity index (χ1) is 15.0. The normalized spacial score (nSPS) is 11.8. The van der Waals surface area contributed by atoms with Crippen molar-refractivity contribution in [3.05, 3.63) is 66.7 Å². The summed E-state index contributed by atoms with van der Waals surface area (Å²) in [5, 5.41) is 13.0. The minimum Gasteiger partial charge on any atom is -0.411 e. The van der Waals surface area contributed by atoms with Crippen LogP contribution in [0.1, 0.15) is 5.56 Å². The molecule has 0 spiro atoms. The average Bonchev–Trinajstić information content (AvgIpc) is 3.43. The van der Waals surface area contributed by atoms with Crippen LogP contribution < -0.4 is 0 Å². The molecule has 0 aliphatic carbocycles. The number of aromatic nitrogens is 7. The lowest BCUT2D eigenvalue weighted by Crippen LogP contribution is -2.04. The van der Waals surface area contributed by atoms with Gasteiger partial charge in [-0.05, 0) is 42.1 Å². The number of fused-ring (bicyclic) bond motifs is 1.